The van der Waals surface area contributed by atoms with Gasteiger partial charge in [0.25, 0.3) is 5.91 Å². The summed E-state index contributed by atoms with van der Waals surface area (Å²) >= 11 is 0. The van der Waals surface area contributed by atoms with Crippen molar-refractivity contribution in [3.8, 4) is 0 Å². The summed E-state index contributed by atoms with van der Waals surface area (Å²) in [4.78, 5) is 14.7. The molecule has 0 saturated carbocycles. The third-order valence-corrected chi connectivity index (χ3v) is 4.52. The van der Waals surface area contributed by atoms with E-state index in [1.807, 2.05) is 31.2 Å². The summed E-state index contributed by atoms with van der Waals surface area (Å²) in [7, 11) is 0. The molecule has 1 unspecified atom stereocenters. The zero-order valence-electron chi connectivity index (χ0n) is 13.4. The van der Waals surface area contributed by atoms with E-state index >= 15 is 0 Å². The maximum atomic E-state index is 12.1. The molecule has 1 fully saturated rings. The molecular weight excluding hydrogens is 260 g/mol. The van der Waals surface area contributed by atoms with Gasteiger partial charge in [-0.1, -0.05) is 31.5 Å². The topological polar surface area (TPSA) is 32.3 Å². The van der Waals surface area contributed by atoms with E-state index in [0.717, 1.165) is 36.7 Å². The molecule has 116 valence electrons. The van der Waals surface area contributed by atoms with Crippen LogP contribution in [0.15, 0.2) is 24.3 Å². The van der Waals surface area contributed by atoms with E-state index in [-0.39, 0.29) is 5.91 Å². The molecule has 3 nitrogen and oxygen atoms in total. The summed E-state index contributed by atoms with van der Waals surface area (Å²) in [6.45, 7) is 7.36. The van der Waals surface area contributed by atoms with Crippen molar-refractivity contribution in [2.75, 3.05) is 19.6 Å². The highest BCUT2D eigenvalue weighted by Gasteiger charge is 2.19. The lowest BCUT2D eigenvalue weighted by Gasteiger charge is -2.35. The molecule has 1 aliphatic heterocycles. The molecule has 1 atom stereocenters. The van der Waals surface area contributed by atoms with Crippen LogP contribution in [0.3, 0.4) is 0 Å². The fraction of sp³-hybridized carbons (Fsp3) is 0.611. The van der Waals surface area contributed by atoms with Gasteiger partial charge in [-0.2, -0.15) is 0 Å². The van der Waals surface area contributed by atoms with Crippen LogP contribution in [0.5, 0.6) is 0 Å². The summed E-state index contributed by atoms with van der Waals surface area (Å²) in [5, 5.41) is 3.05. The average Bonchev–Trinajstić information content (AvgIpc) is 2.52. The first-order chi connectivity index (χ1) is 10.2. The molecule has 2 rings (SSSR count). The minimum Gasteiger partial charge on any atom is -0.352 e. The van der Waals surface area contributed by atoms with Gasteiger partial charge in [0.15, 0.2) is 0 Å². The number of rotatable bonds is 6. The predicted octanol–water partition coefficient (Wildman–Crippen LogP) is 3.38. The lowest BCUT2D eigenvalue weighted by Crippen LogP contribution is -2.40. The molecule has 0 aromatic heterocycles. The number of nitrogens with one attached hydrogen (secondary N) is 1. The zero-order chi connectivity index (χ0) is 15.1. The molecule has 1 aromatic carbocycles. The van der Waals surface area contributed by atoms with E-state index in [2.05, 4.69) is 17.1 Å². The van der Waals surface area contributed by atoms with E-state index < -0.39 is 0 Å². The molecular formula is C18H28N2O. The molecule has 1 N–H and O–H groups in total. The molecule has 21 heavy (non-hydrogen) atoms. The highest BCUT2D eigenvalue weighted by molar-refractivity contribution is 5.95. The van der Waals surface area contributed by atoms with Crippen LogP contribution in [-0.2, 0) is 0 Å². The van der Waals surface area contributed by atoms with Crippen LogP contribution in [-0.4, -0.2) is 36.5 Å². The Balaban J connectivity index is 1.72. The first-order valence-corrected chi connectivity index (χ1v) is 8.30. The maximum Gasteiger partial charge on any atom is 0.251 e. The Morgan fingerprint density at radius 1 is 1.33 bits per heavy atom. The van der Waals surface area contributed by atoms with Crippen molar-refractivity contribution in [2.45, 2.75) is 52.0 Å². The number of hydrogen-bond acceptors (Lipinski definition) is 2. The van der Waals surface area contributed by atoms with E-state index in [1.54, 1.807) is 0 Å². The number of nitrogens with zero attached hydrogens (tertiary/aromatic N) is 1. The van der Waals surface area contributed by atoms with Gasteiger partial charge >= 0.3 is 0 Å². The molecule has 1 saturated heterocycles. The third kappa shape index (κ3) is 4.57. The van der Waals surface area contributed by atoms with Crippen LogP contribution in [0.4, 0.5) is 0 Å². The number of carbonyl (C=O) groups is 1. The Morgan fingerprint density at radius 3 is 2.90 bits per heavy atom. The van der Waals surface area contributed by atoms with Crippen molar-refractivity contribution in [2.24, 2.45) is 0 Å². The van der Waals surface area contributed by atoms with Gasteiger partial charge in [0, 0.05) is 24.7 Å². The monoisotopic (exact) mass is 288 g/mol. The van der Waals surface area contributed by atoms with Crippen molar-refractivity contribution < 1.29 is 4.79 Å². The van der Waals surface area contributed by atoms with E-state index in [9.17, 15) is 4.79 Å². The van der Waals surface area contributed by atoms with Crippen LogP contribution in [0.25, 0.3) is 0 Å². The second-order valence-electron chi connectivity index (χ2n) is 6.02. The Hall–Kier alpha value is -1.35. The maximum absolute atomic E-state index is 12.1. The second kappa shape index (κ2) is 8.18. The van der Waals surface area contributed by atoms with Gasteiger partial charge in [0.1, 0.15) is 0 Å². The van der Waals surface area contributed by atoms with Crippen molar-refractivity contribution in [1.82, 2.24) is 10.2 Å². The summed E-state index contributed by atoms with van der Waals surface area (Å²) in [5.41, 5.74) is 1.83. The quantitative estimate of drug-likeness (QED) is 0.814. The van der Waals surface area contributed by atoms with E-state index in [0.29, 0.717) is 0 Å². The number of piperidine rings is 1. The lowest BCUT2D eigenvalue weighted by atomic mass is 10.00. The smallest absolute Gasteiger partial charge is 0.251 e. The van der Waals surface area contributed by atoms with Crippen LogP contribution in [0, 0.1) is 6.92 Å². The largest absolute Gasteiger partial charge is 0.352 e. The predicted molar refractivity (Wildman–Crippen MR) is 87.6 cm³/mol. The average molecular weight is 288 g/mol. The van der Waals surface area contributed by atoms with Crippen LogP contribution >= 0.6 is 0 Å². The van der Waals surface area contributed by atoms with Crippen molar-refractivity contribution in [3.63, 3.8) is 0 Å². The Labute approximate surface area is 128 Å². The molecule has 1 heterocycles. The highest BCUT2D eigenvalue weighted by atomic mass is 16.1. The van der Waals surface area contributed by atoms with Gasteiger partial charge in [-0.3, -0.25) is 4.79 Å². The van der Waals surface area contributed by atoms with Crippen LogP contribution < -0.4 is 5.32 Å². The fourth-order valence-corrected chi connectivity index (χ4v) is 3.22. The van der Waals surface area contributed by atoms with Crippen molar-refractivity contribution >= 4 is 5.91 Å². The zero-order valence-corrected chi connectivity index (χ0v) is 13.4. The second-order valence-corrected chi connectivity index (χ2v) is 6.02. The molecule has 1 aliphatic rings. The number of likely N-dealkylation sites (tertiary alicyclic amines) is 1. The molecule has 0 aliphatic carbocycles. The van der Waals surface area contributed by atoms with E-state index in [4.69, 9.17) is 0 Å². The summed E-state index contributed by atoms with van der Waals surface area (Å²) < 4.78 is 0. The Kier molecular flexibility index (Phi) is 6.24. The van der Waals surface area contributed by atoms with E-state index in [1.165, 1.54) is 32.2 Å². The molecule has 3 heteroatoms. The third-order valence-electron chi connectivity index (χ3n) is 4.52. The van der Waals surface area contributed by atoms with Gasteiger partial charge in [-0.25, -0.2) is 0 Å². The standard InChI is InChI=1S/C18H28N2O/c1-3-16-10-6-7-13-20(16)14-8-12-19-18(21)17-11-5-4-9-15(17)2/h4-5,9,11,16H,3,6-8,10,12-14H2,1-2H3,(H,19,21). The normalized spacial score (nSPS) is 19.4. The molecule has 1 aromatic rings. The van der Waals surface area contributed by atoms with Crippen LogP contribution in [0.1, 0.15) is 54.9 Å². The first-order valence-electron chi connectivity index (χ1n) is 8.30. The summed E-state index contributed by atoms with van der Waals surface area (Å²) in [6.07, 6.45) is 6.32. The SMILES string of the molecule is CCC1CCCCN1CCCNC(=O)c1ccccc1C. The molecule has 0 spiro atoms. The first kappa shape index (κ1) is 16.0. The van der Waals surface area contributed by atoms with Gasteiger partial charge in [-0.05, 0) is 50.8 Å². The number of carbonyl (C=O) groups excluding carboxylic acids is 1. The van der Waals surface area contributed by atoms with Crippen molar-refractivity contribution in [3.05, 3.63) is 35.4 Å². The Morgan fingerprint density at radius 2 is 2.14 bits per heavy atom. The van der Waals surface area contributed by atoms with Gasteiger partial charge < -0.3 is 10.2 Å². The van der Waals surface area contributed by atoms with Gasteiger partial charge in [0.05, 0.1) is 0 Å². The number of benzene rings is 1. The van der Waals surface area contributed by atoms with Crippen molar-refractivity contribution in [1.29, 1.82) is 0 Å². The minimum atomic E-state index is 0.0544. The molecule has 0 radical (unpaired) electrons. The fourth-order valence-electron chi connectivity index (χ4n) is 3.22. The summed E-state index contributed by atoms with van der Waals surface area (Å²) in [5.74, 6) is 0.0544. The van der Waals surface area contributed by atoms with Gasteiger partial charge in [-0.15, -0.1) is 0 Å². The lowest BCUT2D eigenvalue weighted by molar-refractivity contribution is 0.0946. The van der Waals surface area contributed by atoms with Crippen LogP contribution in [0.2, 0.25) is 0 Å². The molecule has 1 amide bonds. The molecule has 0 bridgehead atoms. The number of aryl methyl sites for hydroxylation is 1. The minimum absolute atomic E-state index is 0.0544. The van der Waals surface area contributed by atoms with Gasteiger partial charge in [0.2, 0.25) is 0 Å². The number of amides is 1. The highest BCUT2D eigenvalue weighted by Crippen LogP contribution is 2.19. The summed E-state index contributed by atoms with van der Waals surface area (Å²) in [6, 6.07) is 8.51. The number of hydrogen-bond donors (Lipinski definition) is 1. The Bertz CT molecular complexity index is 458.